The van der Waals surface area contributed by atoms with Crippen LogP contribution in [-0.2, 0) is 5.44 Å². The fourth-order valence-electron chi connectivity index (χ4n) is 3.68. The first-order valence-electron chi connectivity index (χ1n) is 10.00. The largest absolute Gasteiger partial charge is 0.364 e. The summed E-state index contributed by atoms with van der Waals surface area (Å²) in [6.45, 7) is 1.86. The SMILES string of the molecule is [B][C@@](CC)(Nc1ncnc2nc[nH]c12)c1nc2cccc(F)c2c(=O)n1-c1ccccc1. The third-order valence-corrected chi connectivity index (χ3v) is 5.38. The minimum atomic E-state index is -1.33. The van der Waals surface area contributed by atoms with Crippen molar-refractivity contribution in [2.75, 3.05) is 5.32 Å². The average molecular weight is 425 g/mol. The van der Waals surface area contributed by atoms with Crippen molar-refractivity contribution in [2.24, 2.45) is 0 Å². The van der Waals surface area contributed by atoms with Crippen LogP contribution in [0.1, 0.15) is 19.2 Å². The first kappa shape index (κ1) is 19.9. The van der Waals surface area contributed by atoms with E-state index in [1.54, 1.807) is 30.3 Å². The van der Waals surface area contributed by atoms with Crippen LogP contribution >= 0.6 is 0 Å². The zero-order valence-corrected chi connectivity index (χ0v) is 17.1. The van der Waals surface area contributed by atoms with Gasteiger partial charge in [0, 0.05) is 0 Å². The molecule has 2 N–H and O–H groups in total. The molecule has 5 rings (SSSR count). The van der Waals surface area contributed by atoms with Crippen LogP contribution in [-0.4, -0.2) is 37.3 Å². The minimum absolute atomic E-state index is 0.100. The highest BCUT2D eigenvalue weighted by Gasteiger charge is 2.32. The number of H-pyrrole nitrogens is 1. The Bertz CT molecular complexity index is 1500. The van der Waals surface area contributed by atoms with Crippen molar-refractivity contribution in [1.29, 1.82) is 0 Å². The standard InChI is InChI=1S/C22H17BFN7O/c1-2-22(23,30-19-17-18(26-11-25-17)27-12-28-19)21-29-15-10-6-9-14(24)16(15)20(32)31(21)13-7-4-3-5-8-13/h3-12H,2H2,1H3,(H2,25,26,27,28,30)/t22-/m0/s1. The molecular formula is C22H17BFN7O. The summed E-state index contributed by atoms with van der Waals surface area (Å²) in [5.41, 5.74) is -0.108. The highest BCUT2D eigenvalue weighted by molar-refractivity contribution is 6.17. The third-order valence-electron chi connectivity index (χ3n) is 5.38. The Balaban J connectivity index is 1.79. The number of nitrogens with zero attached hydrogens (tertiary/aromatic N) is 5. The van der Waals surface area contributed by atoms with Gasteiger partial charge in [-0.15, -0.1) is 0 Å². The summed E-state index contributed by atoms with van der Waals surface area (Å²) in [7, 11) is 6.82. The number of halogens is 1. The van der Waals surface area contributed by atoms with E-state index in [2.05, 4.69) is 30.2 Å². The number of fused-ring (bicyclic) bond motifs is 2. The van der Waals surface area contributed by atoms with Crippen LogP contribution in [0, 0.1) is 5.82 Å². The molecule has 0 bridgehead atoms. The van der Waals surface area contributed by atoms with Crippen molar-refractivity contribution in [3.05, 3.63) is 83.2 Å². The number of imidazole rings is 1. The smallest absolute Gasteiger partial charge is 0.269 e. The molecule has 0 fully saturated rings. The predicted molar refractivity (Wildman–Crippen MR) is 120 cm³/mol. The number of rotatable bonds is 5. The van der Waals surface area contributed by atoms with E-state index in [-0.39, 0.29) is 16.7 Å². The summed E-state index contributed by atoms with van der Waals surface area (Å²) in [6.07, 6.45) is 3.22. The molecule has 0 saturated carbocycles. The van der Waals surface area contributed by atoms with E-state index in [0.717, 1.165) is 0 Å². The zero-order valence-electron chi connectivity index (χ0n) is 17.1. The maximum atomic E-state index is 14.6. The minimum Gasteiger partial charge on any atom is -0.364 e. The highest BCUT2D eigenvalue weighted by atomic mass is 19.1. The van der Waals surface area contributed by atoms with E-state index in [9.17, 15) is 9.18 Å². The monoisotopic (exact) mass is 425 g/mol. The Morgan fingerprint density at radius 1 is 1.12 bits per heavy atom. The molecule has 0 amide bonds. The summed E-state index contributed by atoms with van der Waals surface area (Å²) in [5, 5.41) is 3.11. The second-order valence-corrected chi connectivity index (χ2v) is 7.32. The van der Waals surface area contributed by atoms with E-state index in [4.69, 9.17) is 7.85 Å². The molecule has 5 aromatic rings. The van der Waals surface area contributed by atoms with Gasteiger partial charge >= 0.3 is 0 Å². The maximum absolute atomic E-state index is 14.6. The summed E-state index contributed by atoms with van der Waals surface area (Å²) >= 11 is 0. The average Bonchev–Trinajstić information content (AvgIpc) is 3.29. The molecule has 156 valence electrons. The van der Waals surface area contributed by atoms with E-state index in [1.807, 2.05) is 13.0 Å². The molecule has 10 heteroatoms. The van der Waals surface area contributed by atoms with Gasteiger partial charge in [-0.1, -0.05) is 31.2 Å². The normalized spacial score (nSPS) is 13.3. The van der Waals surface area contributed by atoms with Crippen LogP contribution in [0.25, 0.3) is 27.8 Å². The molecule has 0 spiro atoms. The molecule has 0 aliphatic heterocycles. The number of hydrogen-bond acceptors (Lipinski definition) is 6. The van der Waals surface area contributed by atoms with Gasteiger partial charge in [0.25, 0.3) is 5.56 Å². The molecular weight excluding hydrogens is 408 g/mol. The molecule has 2 aromatic carbocycles. The third kappa shape index (κ3) is 3.11. The molecule has 1 atom stereocenters. The Hall–Kier alpha value is -4.08. The lowest BCUT2D eigenvalue weighted by Crippen LogP contribution is -2.42. The van der Waals surface area contributed by atoms with Crippen molar-refractivity contribution in [3.63, 3.8) is 0 Å². The van der Waals surface area contributed by atoms with E-state index >= 15 is 0 Å². The summed E-state index contributed by atoms with van der Waals surface area (Å²) < 4.78 is 16.0. The van der Waals surface area contributed by atoms with Crippen LogP contribution in [0.15, 0.2) is 66.0 Å². The van der Waals surface area contributed by atoms with Crippen LogP contribution in [0.2, 0.25) is 0 Å². The quantitative estimate of drug-likeness (QED) is 0.420. The number of benzene rings is 2. The van der Waals surface area contributed by atoms with E-state index < -0.39 is 16.8 Å². The van der Waals surface area contributed by atoms with Crippen LogP contribution in [0.5, 0.6) is 0 Å². The summed E-state index contributed by atoms with van der Waals surface area (Å²) in [4.78, 5) is 33.7. The van der Waals surface area contributed by atoms with Gasteiger partial charge < -0.3 is 10.3 Å². The predicted octanol–water partition coefficient (Wildman–Crippen LogP) is 3.03. The molecule has 32 heavy (non-hydrogen) atoms. The van der Waals surface area contributed by atoms with E-state index in [1.165, 1.54) is 29.4 Å². The van der Waals surface area contributed by atoms with Crippen LogP contribution in [0.4, 0.5) is 10.2 Å². The molecule has 0 saturated heterocycles. The maximum Gasteiger partial charge on any atom is 0.269 e. The van der Waals surface area contributed by atoms with Gasteiger partial charge in [-0.3, -0.25) is 9.36 Å². The number of nitrogens with one attached hydrogen (secondary N) is 2. The Labute approximate surface area is 183 Å². The summed E-state index contributed by atoms with van der Waals surface area (Å²) in [6, 6.07) is 13.2. The first-order valence-corrected chi connectivity index (χ1v) is 10.00. The lowest BCUT2D eigenvalue weighted by Gasteiger charge is -2.32. The Morgan fingerprint density at radius 3 is 2.72 bits per heavy atom. The Kier molecular flexibility index (Phi) is 4.69. The topological polar surface area (TPSA) is 101 Å². The van der Waals surface area contributed by atoms with Crippen molar-refractivity contribution in [1.82, 2.24) is 29.5 Å². The molecule has 3 aromatic heterocycles. The molecule has 0 unspecified atom stereocenters. The van der Waals surface area contributed by atoms with Crippen molar-refractivity contribution < 1.29 is 4.39 Å². The fraction of sp³-hybridized carbons (Fsp3) is 0.136. The fourth-order valence-corrected chi connectivity index (χ4v) is 3.68. The second kappa shape index (κ2) is 7.56. The first-order chi connectivity index (χ1) is 15.5. The molecule has 0 aliphatic carbocycles. The lowest BCUT2D eigenvalue weighted by molar-refractivity contribution is 0.589. The van der Waals surface area contributed by atoms with Gasteiger partial charge in [-0.25, -0.2) is 24.3 Å². The highest BCUT2D eigenvalue weighted by Crippen LogP contribution is 2.29. The van der Waals surface area contributed by atoms with Crippen molar-refractivity contribution in [3.8, 4) is 5.69 Å². The molecule has 0 aliphatic rings. The second-order valence-electron chi connectivity index (χ2n) is 7.32. The van der Waals surface area contributed by atoms with Gasteiger partial charge in [0.2, 0.25) is 0 Å². The van der Waals surface area contributed by atoms with Crippen LogP contribution in [0.3, 0.4) is 0 Å². The molecule has 8 nitrogen and oxygen atoms in total. The number of aromatic nitrogens is 6. The Morgan fingerprint density at radius 2 is 1.94 bits per heavy atom. The van der Waals surface area contributed by atoms with Gasteiger partial charge in [-0.05, 0) is 30.7 Å². The van der Waals surface area contributed by atoms with Crippen LogP contribution < -0.4 is 10.9 Å². The van der Waals surface area contributed by atoms with Crippen molar-refractivity contribution in [2.45, 2.75) is 18.8 Å². The summed E-state index contributed by atoms with van der Waals surface area (Å²) in [5.74, 6) is -0.0103. The molecule has 2 radical (unpaired) electrons. The van der Waals surface area contributed by atoms with Gasteiger partial charge in [-0.2, -0.15) is 0 Å². The van der Waals surface area contributed by atoms with Gasteiger partial charge in [0.05, 0.1) is 23.0 Å². The van der Waals surface area contributed by atoms with Gasteiger partial charge in [0.1, 0.15) is 36.7 Å². The zero-order chi connectivity index (χ0) is 22.3. The van der Waals surface area contributed by atoms with E-state index in [0.29, 0.717) is 29.1 Å². The van der Waals surface area contributed by atoms with Crippen molar-refractivity contribution >= 4 is 35.7 Å². The van der Waals surface area contributed by atoms with Gasteiger partial charge in [0.15, 0.2) is 11.5 Å². The number of anilines is 1. The number of para-hydroxylation sites is 1. The lowest BCUT2D eigenvalue weighted by atomic mass is 9.74. The number of aromatic amines is 1. The number of hydrogen-bond donors (Lipinski definition) is 2. The molecule has 3 heterocycles.